The fourth-order valence-electron chi connectivity index (χ4n) is 1.86. The van der Waals surface area contributed by atoms with E-state index in [0.717, 1.165) is 24.2 Å². The maximum atomic E-state index is 11.6. The van der Waals surface area contributed by atoms with Gasteiger partial charge in [0.2, 0.25) is 5.91 Å². The Morgan fingerprint density at radius 3 is 2.83 bits per heavy atom. The molecular weight excluding hydrogens is 230 g/mol. The van der Waals surface area contributed by atoms with E-state index in [1.165, 1.54) is 0 Å². The highest BCUT2D eigenvalue weighted by Crippen LogP contribution is 2.29. The van der Waals surface area contributed by atoms with E-state index in [-0.39, 0.29) is 17.9 Å². The summed E-state index contributed by atoms with van der Waals surface area (Å²) in [6.45, 7) is 0.499. The molecule has 0 bridgehead atoms. The smallest absolute Gasteiger partial charge is 0.223 e. The highest BCUT2D eigenvalue weighted by atomic mass is 16.5. The molecule has 1 aliphatic carbocycles. The molecule has 1 N–H and O–H groups in total. The van der Waals surface area contributed by atoms with Crippen LogP contribution in [0.1, 0.15) is 24.5 Å². The third-order valence-corrected chi connectivity index (χ3v) is 3.16. The lowest BCUT2D eigenvalue weighted by Crippen LogP contribution is -2.30. The largest absolute Gasteiger partial charge is 0.497 e. The minimum absolute atomic E-state index is 0.136. The molecular formula is C14H19NO3. The predicted octanol–water partition coefficient (Wildman–Crippen LogP) is 1.91. The van der Waals surface area contributed by atoms with Crippen LogP contribution < -0.4 is 10.1 Å². The van der Waals surface area contributed by atoms with Crippen molar-refractivity contribution < 1.29 is 14.3 Å². The van der Waals surface area contributed by atoms with E-state index in [1.807, 2.05) is 24.3 Å². The Hall–Kier alpha value is -1.55. The Balaban J connectivity index is 1.95. The van der Waals surface area contributed by atoms with Gasteiger partial charge in [0.15, 0.2) is 0 Å². The van der Waals surface area contributed by atoms with Gasteiger partial charge >= 0.3 is 0 Å². The molecule has 2 rings (SSSR count). The highest BCUT2D eigenvalue weighted by Gasteiger charge is 2.29. The van der Waals surface area contributed by atoms with Gasteiger partial charge in [-0.25, -0.2) is 0 Å². The van der Waals surface area contributed by atoms with Gasteiger partial charge in [-0.05, 0) is 30.5 Å². The van der Waals surface area contributed by atoms with E-state index in [1.54, 1.807) is 14.2 Å². The Bertz CT molecular complexity index is 415. The van der Waals surface area contributed by atoms with Gasteiger partial charge in [-0.3, -0.25) is 4.79 Å². The standard InChI is InChI=1S/C14H19NO3/c1-17-12-5-3-4-11(8-12)13(18-2)9-15-14(16)10-6-7-10/h3-5,8,10,13H,6-7,9H2,1-2H3,(H,15,16)/t13-/m1/s1. The first-order valence-corrected chi connectivity index (χ1v) is 6.19. The molecule has 1 amide bonds. The molecule has 0 aromatic heterocycles. The monoisotopic (exact) mass is 249 g/mol. The highest BCUT2D eigenvalue weighted by molar-refractivity contribution is 5.80. The van der Waals surface area contributed by atoms with Crippen LogP contribution in [0.2, 0.25) is 0 Å². The van der Waals surface area contributed by atoms with Crippen molar-refractivity contribution in [2.45, 2.75) is 18.9 Å². The molecule has 98 valence electrons. The summed E-state index contributed by atoms with van der Waals surface area (Å²) >= 11 is 0. The first-order chi connectivity index (χ1) is 8.74. The average Bonchev–Trinajstić information content (AvgIpc) is 3.24. The summed E-state index contributed by atoms with van der Waals surface area (Å²) in [5.41, 5.74) is 1.01. The second-order valence-electron chi connectivity index (χ2n) is 4.52. The van der Waals surface area contributed by atoms with Gasteiger partial charge in [-0.15, -0.1) is 0 Å². The summed E-state index contributed by atoms with van der Waals surface area (Å²) in [6.07, 6.45) is 1.90. The third kappa shape index (κ3) is 3.23. The topological polar surface area (TPSA) is 47.6 Å². The molecule has 1 atom stereocenters. The van der Waals surface area contributed by atoms with Gasteiger partial charge in [0.1, 0.15) is 5.75 Å². The normalized spacial score (nSPS) is 16.1. The predicted molar refractivity (Wildman–Crippen MR) is 68.5 cm³/mol. The molecule has 1 aliphatic rings. The number of carbonyl (C=O) groups is 1. The summed E-state index contributed by atoms with van der Waals surface area (Å²) in [4.78, 5) is 11.6. The van der Waals surface area contributed by atoms with Crippen molar-refractivity contribution in [3.8, 4) is 5.75 Å². The van der Waals surface area contributed by atoms with Crippen molar-refractivity contribution in [1.82, 2.24) is 5.32 Å². The maximum absolute atomic E-state index is 11.6. The lowest BCUT2D eigenvalue weighted by atomic mass is 10.1. The molecule has 1 aromatic rings. The van der Waals surface area contributed by atoms with Crippen molar-refractivity contribution in [2.24, 2.45) is 5.92 Å². The molecule has 1 fully saturated rings. The summed E-state index contributed by atoms with van der Waals surface area (Å²) in [7, 11) is 3.28. The number of rotatable bonds is 6. The number of methoxy groups -OCH3 is 2. The molecule has 0 spiro atoms. The molecule has 0 saturated heterocycles. The number of amides is 1. The van der Waals surface area contributed by atoms with Crippen molar-refractivity contribution in [1.29, 1.82) is 0 Å². The van der Waals surface area contributed by atoms with Crippen LogP contribution in [0, 0.1) is 5.92 Å². The van der Waals surface area contributed by atoms with Gasteiger partial charge in [0.25, 0.3) is 0 Å². The first-order valence-electron chi connectivity index (χ1n) is 6.19. The van der Waals surface area contributed by atoms with Gasteiger partial charge in [-0.1, -0.05) is 12.1 Å². The van der Waals surface area contributed by atoms with E-state index in [0.29, 0.717) is 6.54 Å². The van der Waals surface area contributed by atoms with Crippen molar-refractivity contribution in [3.63, 3.8) is 0 Å². The van der Waals surface area contributed by atoms with E-state index in [4.69, 9.17) is 9.47 Å². The lowest BCUT2D eigenvalue weighted by Gasteiger charge is -2.17. The first kappa shape index (κ1) is 12.9. The minimum Gasteiger partial charge on any atom is -0.497 e. The van der Waals surface area contributed by atoms with E-state index in [2.05, 4.69) is 5.32 Å². The van der Waals surface area contributed by atoms with Gasteiger partial charge in [0.05, 0.1) is 13.2 Å². The second-order valence-corrected chi connectivity index (χ2v) is 4.52. The van der Waals surface area contributed by atoms with E-state index < -0.39 is 0 Å². The van der Waals surface area contributed by atoms with Crippen LogP contribution in [-0.2, 0) is 9.53 Å². The van der Waals surface area contributed by atoms with Gasteiger partial charge < -0.3 is 14.8 Å². The molecule has 4 heteroatoms. The van der Waals surface area contributed by atoms with Gasteiger partial charge in [0, 0.05) is 19.6 Å². The van der Waals surface area contributed by atoms with Crippen LogP contribution in [0.4, 0.5) is 0 Å². The SMILES string of the molecule is COc1cccc([C@@H](CNC(=O)C2CC2)OC)c1. The molecule has 0 aliphatic heterocycles. The fourth-order valence-corrected chi connectivity index (χ4v) is 1.86. The quantitative estimate of drug-likeness (QED) is 0.837. The molecule has 4 nitrogen and oxygen atoms in total. The molecule has 0 radical (unpaired) electrons. The Morgan fingerprint density at radius 2 is 2.22 bits per heavy atom. The van der Waals surface area contributed by atoms with Gasteiger partial charge in [-0.2, -0.15) is 0 Å². The Kier molecular flexibility index (Phi) is 4.20. The van der Waals surface area contributed by atoms with E-state index in [9.17, 15) is 4.79 Å². The number of hydrogen-bond acceptors (Lipinski definition) is 3. The zero-order valence-corrected chi connectivity index (χ0v) is 10.8. The molecule has 1 saturated carbocycles. The van der Waals surface area contributed by atoms with Crippen LogP contribution >= 0.6 is 0 Å². The zero-order valence-electron chi connectivity index (χ0n) is 10.8. The van der Waals surface area contributed by atoms with Crippen molar-refractivity contribution in [2.75, 3.05) is 20.8 Å². The average molecular weight is 249 g/mol. The van der Waals surface area contributed by atoms with Crippen LogP contribution in [0.25, 0.3) is 0 Å². The zero-order chi connectivity index (χ0) is 13.0. The van der Waals surface area contributed by atoms with Crippen LogP contribution in [0.15, 0.2) is 24.3 Å². The summed E-state index contributed by atoms with van der Waals surface area (Å²) in [5, 5.41) is 2.93. The number of carbonyl (C=O) groups excluding carboxylic acids is 1. The maximum Gasteiger partial charge on any atom is 0.223 e. The minimum atomic E-state index is -0.136. The molecule has 0 unspecified atom stereocenters. The summed E-state index contributed by atoms with van der Waals surface area (Å²) in [5.74, 6) is 1.16. The van der Waals surface area contributed by atoms with Crippen LogP contribution in [0.3, 0.4) is 0 Å². The third-order valence-electron chi connectivity index (χ3n) is 3.16. The van der Waals surface area contributed by atoms with Crippen LogP contribution in [0.5, 0.6) is 5.75 Å². The Labute approximate surface area is 107 Å². The number of benzene rings is 1. The molecule has 18 heavy (non-hydrogen) atoms. The van der Waals surface area contributed by atoms with Crippen molar-refractivity contribution in [3.05, 3.63) is 29.8 Å². The molecule has 1 aromatic carbocycles. The Morgan fingerprint density at radius 1 is 1.44 bits per heavy atom. The summed E-state index contributed by atoms with van der Waals surface area (Å²) < 4.78 is 10.6. The number of ether oxygens (including phenoxy) is 2. The summed E-state index contributed by atoms with van der Waals surface area (Å²) in [6, 6.07) is 7.71. The number of nitrogens with one attached hydrogen (secondary N) is 1. The molecule has 0 heterocycles. The van der Waals surface area contributed by atoms with Crippen molar-refractivity contribution >= 4 is 5.91 Å². The number of hydrogen-bond donors (Lipinski definition) is 1. The lowest BCUT2D eigenvalue weighted by molar-refractivity contribution is -0.122. The van der Waals surface area contributed by atoms with E-state index >= 15 is 0 Å². The van der Waals surface area contributed by atoms with Crippen LogP contribution in [-0.4, -0.2) is 26.7 Å². The second kappa shape index (κ2) is 5.87. The fraction of sp³-hybridized carbons (Fsp3) is 0.500.